The lowest BCUT2D eigenvalue weighted by molar-refractivity contribution is 0.228. The van der Waals surface area contributed by atoms with Crippen molar-refractivity contribution in [3.63, 3.8) is 0 Å². The van der Waals surface area contributed by atoms with E-state index in [-0.39, 0.29) is 9.76 Å². The van der Waals surface area contributed by atoms with Crippen LogP contribution in [0.2, 0.25) is 0 Å². The van der Waals surface area contributed by atoms with Gasteiger partial charge in [-0.15, -0.1) is 0 Å². The van der Waals surface area contributed by atoms with Crippen molar-refractivity contribution >= 4 is 9.76 Å². The first kappa shape index (κ1) is 13.1. The first-order valence-electron chi connectivity index (χ1n) is 5.53. The smallest absolute Gasteiger partial charge is 0.177 e. The van der Waals surface area contributed by atoms with Crippen LogP contribution in [0.4, 0.5) is 0 Å². The van der Waals surface area contributed by atoms with Gasteiger partial charge >= 0.3 is 0 Å². The Kier molecular flexibility index (Phi) is 8.81. The zero-order valence-corrected chi connectivity index (χ0v) is 11.1. The van der Waals surface area contributed by atoms with Crippen molar-refractivity contribution in [3.8, 4) is 0 Å². The van der Waals surface area contributed by atoms with E-state index < -0.39 is 0 Å². The fraction of sp³-hybridized carbons (Fsp3) is 1.00. The molecule has 1 atom stereocenters. The minimum absolute atomic E-state index is 0.326. The van der Waals surface area contributed by atoms with Crippen molar-refractivity contribution < 1.29 is 4.43 Å². The Bertz CT molecular complexity index is 105. The van der Waals surface area contributed by atoms with Crippen LogP contribution in [-0.4, -0.2) is 40.5 Å². The van der Waals surface area contributed by atoms with E-state index in [0.717, 1.165) is 5.67 Å². The van der Waals surface area contributed by atoms with Gasteiger partial charge in [0.15, 0.2) is 9.76 Å². The Hall–Kier alpha value is 0.137. The first-order valence-corrected chi connectivity index (χ1v) is 6.92. The topological polar surface area (TPSA) is 12.5 Å². The van der Waals surface area contributed by atoms with Crippen LogP contribution >= 0.6 is 0 Å². The quantitative estimate of drug-likeness (QED) is 0.555. The number of hydrogen-bond donors (Lipinski definition) is 0. The third-order valence-corrected chi connectivity index (χ3v) is 4.18. The highest BCUT2D eigenvalue weighted by molar-refractivity contribution is 6.29. The molecule has 0 aliphatic rings. The summed E-state index contributed by atoms with van der Waals surface area (Å²) in [7, 11) is 1.53. The molecule has 0 N–H and O–H groups in total. The van der Waals surface area contributed by atoms with Crippen LogP contribution in [0, 0.1) is 0 Å². The molecule has 2 nitrogen and oxygen atoms in total. The van der Waals surface area contributed by atoms with E-state index in [4.69, 9.17) is 4.43 Å². The standard InChI is InChI=1S/C10H25NOSi/c1-5-8-11(9-6-2)10(7-3)13-12-4/h10H,5-9,13H2,1-4H3. The minimum atomic E-state index is -0.326. The van der Waals surface area contributed by atoms with E-state index in [1.807, 2.05) is 7.11 Å². The Balaban J connectivity index is 3.94. The highest BCUT2D eigenvalue weighted by Crippen LogP contribution is 2.05. The second kappa shape index (κ2) is 8.72. The van der Waals surface area contributed by atoms with Gasteiger partial charge in [-0.2, -0.15) is 0 Å². The van der Waals surface area contributed by atoms with Crippen LogP contribution in [0.5, 0.6) is 0 Å². The summed E-state index contributed by atoms with van der Waals surface area (Å²) in [5.41, 5.74) is 0.755. The van der Waals surface area contributed by atoms with Crippen LogP contribution in [-0.2, 0) is 4.43 Å². The summed E-state index contributed by atoms with van der Waals surface area (Å²) in [6.07, 6.45) is 3.77. The van der Waals surface area contributed by atoms with Crippen molar-refractivity contribution in [1.82, 2.24) is 4.90 Å². The molecule has 3 heteroatoms. The van der Waals surface area contributed by atoms with Gasteiger partial charge in [0.1, 0.15) is 0 Å². The van der Waals surface area contributed by atoms with Gasteiger partial charge in [0.05, 0.1) is 0 Å². The van der Waals surface area contributed by atoms with E-state index in [1.54, 1.807) is 0 Å². The van der Waals surface area contributed by atoms with E-state index in [1.165, 1.54) is 32.4 Å². The van der Waals surface area contributed by atoms with Crippen LogP contribution in [0.25, 0.3) is 0 Å². The fourth-order valence-electron chi connectivity index (χ4n) is 1.73. The molecule has 0 rings (SSSR count). The minimum Gasteiger partial charge on any atom is -0.426 e. The average Bonchev–Trinajstić information content (AvgIpc) is 2.14. The maximum absolute atomic E-state index is 5.37. The van der Waals surface area contributed by atoms with Gasteiger partial charge in [0, 0.05) is 12.8 Å². The van der Waals surface area contributed by atoms with Crippen molar-refractivity contribution in [2.75, 3.05) is 20.2 Å². The Labute approximate surface area is 85.6 Å². The normalized spacial score (nSPS) is 14.5. The molecule has 0 aromatic carbocycles. The van der Waals surface area contributed by atoms with Crippen LogP contribution in [0.15, 0.2) is 0 Å². The molecule has 0 bridgehead atoms. The predicted octanol–water partition coefficient (Wildman–Crippen LogP) is 1.57. The van der Waals surface area contributed by atoms with Gasteiger partial charge in [-0.1, -0.05) is 20.8 Å². The molecule has 0 saturated heterocycles. The lowest BCUT2D eigenvalue weighted by Crippen LogP contribution is -2.40. The van der Waals surface area contributed by atoms with E-state index in [9.17, 15) is 0 Å². The monoisotopic (exact) mass is 203 g/mol. The molecule has 13 heavy (non-hydrogen) atoms. The number of nitrogens with zero attached hydrogens (tertiary/aromatic N) is 1. The van der Waals surface area contributed by atoms with Crippen molar-refractivity contribution in [3.05, 3.63) is 0 Å². The summed E-state index contributed by atoms with van der Waals surface area (Å²) < 4.78 is 5.37. The van der Waals surface area contributed by atoms with E-state index in [2.05, 4.69) is 25.7 Å². The van der Waals surface area contributed by atoms with E-state index >= 15 is 0 Å². The summed E-state index contributed by atoms with van der Waals surface area (Å²) in [5, 5.41) is 0. The third-order valence-electron chi connectivity index (χ3n) is 2.37. The van der Waals surface area contributed by atoms with Gasteiger partial charge in [-0.3, -0.25) is 0 Å². The predicted molar refractivity (Wildman–Crippen MR) is 61.8 cm³/mol. The largest absolute Gasteiger partial charge is 0.426 e. The summed E-state index contributed by atoms with van der Waals surface area (Å²) in [5.74, 6) is 0. The number of hydrogen-bond acceptors (Lipinski definition) is 2. The van der Waals surface area contributed by atoms with Gasteiger partial charge in [0.2, 0.25) is 0 Å². The van der Waals surface area contributed by atoms with Gasteiger partial charge in [0.25, 0.3) is 0 Å². The molecular formula is C10H25NOSi. The van der Waals surface area contributed by atoms with Crippen LogP contribution in [0.1, 0.15) is 40.0 Å². The molecule has 0 amide bonds. The van der Waals surface area contributed by atoms with Gasteiger partial charge in [-0.25, -0.2) is 0 Å². The molecule has 0 heterocycles. The van der Waals surface area contributed by atoms with Gasteiger partial charge < -0.3 is 9.33 Å². The van der Waals surface area contributed by atoms with Crippen LogP contribution < -0.4 is 0 Å². The average molecular weight is 203 g/mol. The molecule has 0 saturated carbocycles. The molecule has 0 aliphatic heterocycles. The maximum atomic E-state index is 5.37. The lowest BCUT2D eigenvalue weighted by atomic mass is 10.3. The molecule has 0 fully saturated rings. The molecule has 0 aliphatic carbocycles. The second-order valence-corrected chi connectivity index (χ2v) is 5.41. The molecule has 0 aromatic rings. The SMILES string of the molecule is CCCN(CCC)C(CC)[SiH2]OC. The first-order chi connectivity index (χ1) is 6.29. The highest BCUT2D eigenvalue weighted by atomic mass is 28.2. The molecular weight excluding hydrogens is 178 g/mol. The zero-order chi connectivity index (χ0) is 10.1. The van der Waals surface area contributed by atoms with Crippen molar-refractivity contribution in [2.24, 2.45) is 0 Å². The van der Waals surface area contributed by atoms with E-state index in [0.29, 0.717) is 0 Å². The summed E-state index contributed by atoms with van der Waals surface area (Å²) >= 11 is 0. The Morgan fingerprint density at radius 3 is 2.00 bits per heavy atom. The molecule has 1 unspecified atom stereocenters. The molecule has 80 valence electrons. The lowest BCUT2D eigenvalue weighted by Gasteiger charge is -2.29. The summed E-state index contributed by atoms with van der Waals surface area (Å²) in [6, 6.07) is 0. The zero-order valence-electron chi connectivity index (χ0n) is 9.68. The Morgan fingerprint density at radius 2 is 1.69 bits per heavy atom. The maximum Gasteiger partial charge on any atom is 0.177 e. The molecule has 0 spiro atoms. The third kappa shape index (κ3) is 5.44. The second-order valence-electron chi connectivity index (χ2n) is 3.55. The number of rotatable bonds is 8. The van der Waals surface area contributed by atoms with Gasteiger partial charge in [-0.05, 0) is 32.4 Å². The highest BCUT2D eigenvalue weighted by Gasteiger charge is 2.15. The fourth-order valence-corrected chi connectivity index (χ4v) is 2.92. The van der Waals surface area contributed by atoms with Crippen LogP contribution in [0.3, 0.4) is 0 Å². The molecule has 0 aromatic heterocycles. The van der Waals surface area contributed by atoms with Crippen molar-refractivity contribution in [1.29, 1.82) is 0 Å². The summed E-state index contributed by atoms with van der Waals surface area (Å²) in [4.78, 5) is 2.61. The Morgan fingerprint density at radius 1 is 1.15 bits per heavy atom. The summed E-state index contributed by atoms with van der Waals surface area (Å²) in [6.45, 7) is 9.26. The van der Waals surface area contributed by atoms with Crippen molar-refractivity contribution in [2.45, 2.75) is 45.7 Å². The molecule has 0 radical (unpaired) electrons.